The van der Waals surface area contributed by atoms with Crippen LogP contribution in [0.4, 0.5) is 0 Å². The maximum atomic E-state index is 12.8. The second-order valence-electron chi connectivity index (χ2n) is 6.67. The molecule has 0 spiro atoms. The van der Waals surface area contributed by atoms with Crippen molar-refractivity contribution in [3.8, 4) is 22.8 Å². The van der Waals surface area contributed by atoms with Gasteiger partial charge in [0.1, 0.15) is 23.3 Å². The van der Waals surface area contributed by atoms with E-state index in [4.69, 9.17) is 9.47 Å². The van der Waals surface area contributed by atoms with E-state index in [-0.39, 0.29) is 12.0 Å². The number of amides is 1. The van der Waals surface area contributed by atoms with Crippen LogP contribution in [-0.2, 0) is 0 Å². The number of para-hydroxylation sites is 1. The summed E-state index contributed by atoms with van der Waals surface area (Å²) in [4.78, 5) is 18.7. The van der Waals surface area contributed by atoms with E-state index < -0.39 is 0 Å². The number of ether oxygens (including phenoxy) is 2. The van der Waals surface area contributed by atoms with Crippen LogP contribution < -0.4 is 9.47 Å². The van der Waals surface area contributed by atoms with Gasteiger partial charge in [0.05, 0.1) is 19.0 Å². The van der Waals surface area contributed by atoms with Crippen molar-refractivity contribution in [2.24, 2.45) is 0 Å². The second-order valence-corrected chi connectivity index (χ2v) is 6.67. The van der Waals surface area contributed by atoms with E-state index in [9.17, 15) is 4.79 Å². The molecule has 28 heavy (non-hydrogen) atoms. The Morgan fingerprint density at radius 2 is 2.00 bits per heavy atom. The van der Waals surface area contributed by atoms with E-state index in [0.717, 1.165) is 29.9 Å². The highest BCUT2D eigenvalue weighted by Gasteiger charge is 2.26. The number of carbonyl (C=O) groups excluding carboxylic acids is 1. The van der Waals surface area contributed by atoms with Gasteiger partial charge in [-0.3, -0.25) is 14.9 Å². The minimum Gasteiger partial charge on any atom is -0.496 e. The number of aromatic nitrogens is 3. The van der Waals surface area contributed by atoms with Crippen molar-refractivity contribution < 1.29 is 14.3 Å². The third-order valence-electron chi connectivity index (χ3n) is 4.86. The molecule has 1 aromatic carbocycles. The fourth-order valence-corrected chi connectivity index (χ4v) is 3.38. The Morgan fingerprint density at radius 3 is 2.75 bits per heavy atom. The molecule has 7 heteroatoms. The van der Waals surface area contributed by atoms with Crippen LogP contribution in [0.5, 0.6) is 11.5 Å². The summed E-state index contributed by atoms with van der Waals surface area (Å²) >= 11 is 0. The van der Waals surface area contributed by atoms with Gasteiger partial charge < -0.3 is 14.4 Å². The maximum absolute atomic E-state index is 12.8. The lowest BCUT2D eigenvalue weighted by molar-refractivity contribution is 0.0589. The zero-order valence-electron chi connectivity index (χ0n) is 15.7. The van der Waals surface area contributed by atoms with E-state index in [1.807, 2.05) is 41.3 Å². The highest BCUT2D eigenvalue weighted by molar-refractivity contribution is 5.93. The molecule has 0 bridgehead atoms. The first-order chi connectivity index (χ1) is 13.7. The summed E-state index contributed by atoms with van der Waals surface area (Å²) in [5, 5.41) is 7.17. The summed E-state index contributed by atoms with van der Waals surface area (Å²) in [5.74, 6) is 1.44. The Morgan fingerprint density at radius 1 is 1.18 bits per heavy atom. The normalized spacial score (nSPS) is 14.7. The molecule has 0 radical (unpaired) electrons. The summed E-state index contributed by atoms with van der Waals surface area (Å²) < 4.78 is 11.3. The molecule has 1 aliphatic heterocycles. The van der Waals surface area contributed by atoms with Gasteiger partial charge >= 0.3 is 0 Å². The van der Waals surface area contributed by atoms with Crippen LogP contribution in [0.3, 0.4) is 0 Å². The van der Waals surface area contributed by atoms with E-state index in [1.54, 1.807) is 25.6 Å². The van der Waals surface area contributed by atoms with E-state index in [0.29, 0.717) is 24.5 Å². The van der Waals surface area contributed by atoms with Crippen molar-refractivity contribution in [2.75, 3.05) is 20.2 Å². The first-order valence-corrected chi connectivity index (χ1v) is 9.29. The quantitative estimate of drug-likeness (QED) is 0.738. The van der Waals surface area contributed by atoms with Crippen LogP contribution in [-0.4, -0.2) is 52.3 Å². The minimum atomic E-state index is -0.0477. The fourth-order valence-electron chi connectivity index (χ4n) is 3.38. The SMILES string of the molecule is COc1ccccc1-c1cc(C(=O)N2CCC(Oc3cccnc3)CC2)[nH]n1. The number of hydrogen-bond donors (Lipinski definition) is 1. The molecule has 0 aliphatic carbocycles. The number of rotatable bonds is 5. The molecule has 2 aromatic heterocycles. The van der Waals surface area contributed by atoms with Crippen LogP contribution in [0.1, 0.15) is 23.3 Å². The number of aromatic amines is 1. The van der Waals surface area contributed by atoms with Crippen LogP contribution in [0, 0.1) is 0 Å². The molecule has 0 atom stereocenters. The number of hydrogen-bond acceptors (Lipinski definition) is 5. The van der Waals surface area contributed by atoms with Gasteiger partial charge in [-0.25, -0.2) is 0 Å². The summed E-state index contributed by atoms with van der Waals surface area (Å²) in [6, 6.07) is 13.1. The molecule has 0 saturated carbocycles. The molecular weight excluding hydrogens is 356 g/mol. The molecule has 144 valence electrons. The third kappa shape index (κ3) is 3.83. The molecule has 7 nitrogen and oxygen atoms in total. The molecule has 1 aliphatic rings. The summed E-state index contributed by atoms with van der Waals surface area (Å²) in [7, 11) is 1.62. The Balaban J connectivity index is 1.39. The van der Waals surface area contributed by atoms with Crippen molar-refractivity contribution in [1.82, 2.24) is 20.1 Å². The van der Waals surface area contributed by atoms with Gasteiger partial charge in [-0.05, 0) is 30.3 Å². The average Bonchev–Trinajstić information content (AvgIpc) is 3.24. The minimum absolute atomic E-state index is 0.0477. The largest absolute Gasteiger partial charge is 0.496 e. The van der Waals surface area contributed by atoms with Gasteiger partial charge in [0.25, 0.3) is 5.91 Å². The molecule has 4 rings (SSSR count). The Kier molecular flexibility index (Phi) is 5.23. The Hall–Kier alpha value is -3.35. The Labute approximate surface area is 163 Å². The maximum Gasteiger partial charge on any atom is 0.271 e. The van der Waals surface area contributed by atoms with Crippen LogP contribution >= 0.6 is 0 Å². The predicted octanol–water partition coefficient (Wildman–Crippen LogP) is 3.16. The zero-order valence-corrected chi connectivity index (χ0v) is 15.7. The van der Waals surface area contributed by atoms with Crippen molar-refractivity contribution >= 4 is 5.91 Å². The van der Waals surface area contributed by atoms with Gasteiger partial charge in [-0.1, -0.05) is 12.1 Å². The first-order valence-electron chi connectivity index (χ1n) is 9.29. The van der Waals surface area contributed by atoms with Crippen LogP contribution in [0.2, 0.25) is 0 Å². The monoisotopic (exact) mass is 378 g/mol. The molecular formula is C21H22N4O3. The number of benzene rings is 1. The number of nitrogens with one attached hydrogen (secondary N) is 1. The van der Waals surface area contributed by atoms with Crippen molar-refractivity contribution in [3.05, 3.63) is 60.6 Å². The van der Waals surface area contributed by atoms with Gasteiger partial charge in [-0.15, -0.1) is 0 Å². The highest BCUT2D eigenvalue weighted by atomic mass is 16.5. The fraction of sp³-hybridized carbons (Fsp3) is 0.286. The van der Waals surface area contributed by atoms with Gasteiger partial charge in [0, 0.05) is 37.7 Å². The number of likely N-dealkylation sites (tertiary alicyclic amines) is 1. The number of methoxy groups -OCH3 is 1. The number of piperidine rings is 1. The number of H-pyrrole nitrogens is 1. The lowest BCUT2D eigenvalue weighted by Gasteiger charge is -2.31. The van der Waals surface area contributed by atoms with Gasteiger partial charge in [-0.2, -0.15) is 5.10 Å². The number of carbonyl (C=O) groups is 1. The van der Waals surface area contributed by atoms with Crippen molar-refractivity contribution in [1.29, 1.82) is 0 Å². The van der Waals surface area contributed by atoms with Crippen molar-refractivity contribution in [2.45, 2.75) is 18.9 Å². The standard InChI is InChI=1S/C21H22N4O3/c1-27-20-7-3-2-6-17(20)18-13-19(24-23-18)21(26)25-11-8-15(9-12-25)28-16-5-4-10-22-14-16/h2-7,10,13-15H,8-9,11-12H2,1H3,(H,23,24). The topological polar surface area (TPSA) is 80.3 Å². The highest BCUT2D eigenvalue weighted by Crippen LogP contribution is 2.28. The van der Waals surface area contributed by atoms with Gasteiger partial charge in [0.2, 0.25) is 0 Å². The predicted molar refractivity (Wildman–Crippen MR) is 104 cm³/mol. The lowest BCUT2D eigenvalue weighted by atomic mass is 10.1. The average molecular weight is 378 g/mol. The third-order valence-corrected chi connectivity index (χ3v) is 4.86. The molecule has 0 unspecified atom stereocenters. The lowest BCUT2D eigenvalue weighted by Crippen LogP contribution is -2.41. The summed E-state index contributed by atoms with van der Waals surface area (Å²) in [5.41, 5.74) is 2.02. The first kappa shape index (κ1) is 18.0. The molecule has 1 saturated heterocycles. The van der Waals surface area contributed by atoms with Crippen LogP contribution in [0.25, 0.3) is 11.3 Å². The van der Waals surface area contributed by atoms with Crippen LogP contribution in [0.15, 0.2) is 54.9 Å². The molecule has 3 aromatic rings. The Bertz CT molecular complexity index is 934. The van der Waals surface area contributed by atoms with E-state index >= 15 is 0 Å². The molecule has 1 amide bonds. The summed E-state index contributed by atoms with van der Waals surface area (Å²) in [6.45, 7) is 1.29. The molecule has 1 N–H and O–H groups in total. The summed E-state index contributed by atoms with van der Waals surface area (Å²) in [6.07, 6.45) is 5.10. The second kappa shape index (κ2) is 8.12. The van der Waals surface area contributed by atoms with E-state index in [2.05, 4.69) is 15.2 Å². The molecule has 3 heterocycles. The zero-order chi connectivity index (χ0) is 19.3. The van der Waals surface area contributed by atoms with Crippen molar-refractivity contribution in [3.63, 3.8) is 0 Å². The number of pyridine rings is 1. The smallest absolute Gasteiger partial charge is 0.271 e. The van der Waals surface area contributed by atoms with Gasteiger partial charge in [0.15, 0.2) is 0 Å². The van der Waals surface area contributed by atoms with E-state index in [1.165, 1.54) is 0 Å². The molecule has 1 fully saturated rings. The number of nitrogens with zero attached hydrogens (tertiary/aromatic N) is 3.